The van der Waals surface area contributed by atoms with Crippen LogP contribution in [0.1, 0.15) is 52.4 Å². The third kappa shape index (κ3) is 15.0. The molecule has 0 heterocycles. The molecule has 0 spiro atoms. The van der Waals surface area contributed by atoms with E-state index in [0.29, 0.717) is 75.5 Å². The second-order valence-electron chi connectivity index (χ2n) is 9.60. The number of carboxylic acid groups (broad SMARTS) is 2. The van der Waals surface area contributed by atoms with Crippen LogP contribution in [0, 0.1) is 0 Å². The largest absolute Gasteiger partial charge is 0.487 e. The molecule has 11 nitrogen and oxygen atoms in total. The molecule has 0 aliphatic carbocycles. The summed E-state index contributed by atoms with van der Waals surface area (Å²) < 4.78 is 39.5. The molecule has 0 bridgehead atoms. The fourth-order valence-corrected chi connectivity index (χ4v) is 3.85. The number of para-hydroxylation sites is 4. The minimum Gasteiger partial charge on any atom is -0.487 e. The Kier molecular flexibility index (Phi) is 18.3. The van der Waals surface area contributed by atoms with E-state index in [2.05, 4.69) is 0 Å². The summed E-state index contributed by atoms with van der Waals surface area (Å²) in [5.74, 6) is -0.255. The Morgan fingerprint density at radius 2 is 0.884 bits per heavy atom. The highest BCUT2D eigenvalue weighted by atomic mass is 16.6. The van der Waals surface area contributed by atoms with Crippen LogP contribution in [0.25, 0.3) is 0 Å². The van der Waals surface area contributed by atoms with Crippen LogP contribution in [-0.2, 0) is 23.8 Å². The van der Waals surface area contributed by atoms with Crippen LogP contribution in [-0.4, -0.2) is 87.2 Å². The molecule has 0 aliphatic heterocycles. The number of hydrogen-bond acceptors (Lipinski definition) is 9. The van der Waals surface area contributed by atoms with Crippen molar-refractivity contribution in [1.29, 1.82) is 0 Å². The second kappa shape index (κ2) is 22.1. The molecule has 0 saturated heterocycles. The van der Waals surface area contributed by atoms with Crippen molar-refractivity contribution in [3.8, 4) is 23.0 Å². The van der Waals surface area contributed by atoms with Crippen LogP contribution in [0.2, 0.25) is 0 Å². The number of benzene rings is 2. The first-order valence-electron chi connectivity index (χ1n) is 14.9. The zero-order valence-corrected chi connectivity index (χ0v) is 25.2. The topological polar surface area (TPSA) is 139 Å². The normalized spacial score (nSPS) is 12.3. The first kappa shape index (κ1) is 35.7. The Labute approximate surface area is 253 Å². The van der Waals surface area contributed by atoms with Gasteiger partial charge < -0.3 is 43.4 Å². The van der Waals surface area contributed by atoms with E-state index in [9.17, 15) is 19.8 Å². The van der Waals surface area contributed by atoms with Crippen molar-refractivity contribution in [2.24, 2.45) is 0 Å². The van der Waals surface area contributed by atoms with Crippen LogP contribution in [0.3, 0.4) is 0 Å². The summed E-state index contributed by atoms with van der Waals surface area (Å²) in [7, 11) is 0. The summed E-state index contributed by atoms with van der Waals surface area (Å²) in [6.07, 6.45) is 2.33. The van der Waals surface area contributed by atoms with Crippen molar-refractivity contribution in [3.63, 3.8) is 0 Å². The summed E-state index contributed by atoms with van der Waals surface area (Å²) >= 11 is 0. The minimum atomic E-state index is -0.994. The molecule has 11 heteroatoms. The van der Waals surface area contributed by atoms with E-state index in [1.54, 1.807) is 48.5 Å². The number of ether oxygens (including phenoxy) is 7. The van der Waals surface area contributed by atoms with Crippen molar-refractivity contribution < 1.29 is 53.0 Å². The molecule has 2 unspecified atom stereocenters. The van der Waals surface area contributed by atoms with Gasteiger partial charge >= 0.3 is 11.9 Å². The Bertz CT molecular complexity index is 964. The molecule has 0 aliphatic rings. The molecule has 0 aromatic heterocycles. The Balaban J connectivity index is 1.54. The Hall–Kier alpha value is -3.54. The molecule has 0 saturated carbocycles. The summed E-state index contributed by atoms with van der Waals surface area (Å²) in [6.45, 7) is 6.78. The number of carbonyl (C=O) groups is 2. The highest BCUT2D eigenvalue weighted by molar-refractivity contribution is 5.73. The predicted octanol–water partition coefficient (Wildman–Crippen LogP) is 5.24. The quantitative estimate of drug-likeness (QED) is 0.136. The number of unbranched alkanes of at least 4 members (excludes halogenated alkanes) is 2. The molecule has 43 heavy (non-hydrogen) atoms. The van der Waals surface area contributed by atoms with Gasteiger partial charge in [-0.25, -0.2) is 9.59 Å². The maximum atomic E-state index is 11.5. The fourth-order valence-electron chi connectivity index (χ4n) is 3.85. The van der Waals surface area contributed by atoms with Gasteiger partial charge in [0.05, 0.1) is 39.6 Å². The molecular formula is C32H46O11. The fraction of sp³-hybridized carbons (Fsp3) is 0.562. The minimum absolute atomic E-state index is 0.278. The van der Waals surface area contributed by atoms with Crippen LogP contribution in [0.4, 0.5) is 0 Å². The van der Waals surface area contributed by atoms with Gasteiger partial charge in [0.2, 0.25) is 0 Å². The predicted molar refractivity (Wildman–Crippen MR) is 159 cm³/mol. The van der Waals surface area contributed by atoms with Crippen molar-refractivity contribution in [3.05, 3.63) is 48.5 Å². The highest BCUT2D eigenvalue weighted by Gasteiger charge is 2.21. The molecule has 2 rings (SSSR count). The van der Waals surface area contributed by atoms with Crippen molar-refractivity contribution in [2.75, 3.05) is 52.9 Å². The smallest absolute Gasteiger partial charge is 0.344 e. The number of aliphatic carboxylic acids is 2. The van der Waals surface area contributed by atoms with Gasteiger partial charge in [-0.1, -0.05) is 51.0 Å². The molecular weight excluding hydrogens is 560 g/mol. The van der Waals surface area contributed by atoms with Gasteiger partial charge in [0, 0.05) is 0 Å². The highest BCUT2D eigenvalue weighted by Crippen LogP contribution is 2.29. The first-order valence-corrected chi connectivity index (χ1v) is 14.9. The van der Waals surface area contributed by atoms with Crippen molar-refractivity contribution in [1.82, 2.24) is 0 Å². The van der Waals surface area contributed by atoms with E-state index in [0.717, 1.165) is 25.7 Å². The maximum Gasteiger partial charge on any atom is 0.344 e. The van der Waals surface area contributed by atoms with Crippen molar-refractivity contribution >= 4 is 11.9 Å². The monoisotopic (exact) mass is 606 g/mol. The van der Waals surface area contributed by atoms with Gasteiger partial charge in [-0.2, -0.15) is 0 Å². The number of carboxylic acids is 2. The molecule has 2 aromatic carbocycles. The lowest BCUT2D eigenvalue weighted by Gasteiger charge is -2.18. The molecule has 2 N–H and O–H groups in total. The average Bonchev–Trinajstić information content (AvgIpc) is 3.00. The first-order chi connectivity index (χ1) is 21.0. The maximum absolute atomic E-state index is 11.5. The van der Waals surface area contributed by atoms with E-state index in [1.807, 2.05) is 13.8 Å². The van der Waals surface area contributed by atoms with E-state index < -0.39 is 24.1 Å². The van der Waals surface area contributed by atoms with Gasteiger partial charge in [-0.3, -0.25) is 0 Å². The number of hydrogen-bond donors (Lipinski definition) is 2. The lowest BCUT2D eigenvalue weighted by molar-refractivity contribution is -0.146. The van der Waals surface area contributed by atoms with Gasteiger partial charge in [0.1, 0.15) is 13.2 Å². The zero-order chi connectivity index (χ0) is 31.1. The Morgan fingerprint density at radius 1 is 0.558 bits per heavy atom. The molecule has 0 fully saturated rings. The van der Waals surface area contributed by atoms with E-state index >= 15 is 0 Å². The number of rotatable bonds is 26. The lowest BCUT2D eigenvalue weighted by Crippen LogP contribution is -2.27. The Morgan fingerprint density at radius 3 is 1.21 bits per heavy atom. The van der Waals surface area contributed by atoms with Crippen LogP contribution in [0.15, 0.2) is 48.5 Å². The second-order valence-corrected chi connectivity index (χ2v) is 9.60. The van der Waals surface area contributed by atoms with E-state index in [4.69, 9.17) is 33.2 Å². The molecule has 2 aromatic rings. The SMILES string of the molecule is CCCCC(Oc1ccccc1OCCOCCOCCOCCOc1ccccc1OC(CCCC)C(=O)O)C(=O)O. The molecule has 0 radical (unpaired) electrons. The van der Waals surface area contributed by atoms with Crippen LogP contribution >= 0.6 is 0 Å². The standard InChI is InChI=1S/C32H46O11/c1-3-5-11-29(31(33)34)42-27-15-9-7-13-25(27)40-23-21-38-19-17-37-18-20-39-22-24-41-26-14-8-10-16-28(26)43-30(32(35)36)12-6-4-2/h7-10,13-16,29-30H,3-6,11-12,17-24H2,1-2H3,(H,33,34)(H,35,36). The third-order valence-electron chi connectivity index (χ3n) is 6.14. The average molecular weight is 607 g/mol. The molecule has 2 atom stereocenters. The molecule has 240 valence electrons. The summed E-state index contributed by atoms with van der Waals surface area (Å²) in [6, 6.07) is 14.0. The van der Waals surface area contributed by atoms with E-state index in [1.165, 1.54) is 0 Å². The zero-order valence-electron chi connectivity index (χ0n) is 25.2. The van der Waals surface area contributed by atoms with Gasteiger partial charge in [0.25, 0.3) is 0 Å². The van der Waals surface area contributed by atoms with Gasteiger partial charge in [-0.05, 0) is 49.9 Å². The summed E-state index contributed by atoms with van der Waals surface area (Å²) in [5.41, 5.74) is 0. The third-order valence-corrected chi connectivity index (χ3v) is 6.14. The lowest BCUT2D eigenvalue weighted by atomic mass is 10.1. The summed E-state index contributed by atoms with van der Waals surface area (Å²) in [5, 5.41) is 18.8. The molecule has 0 amide bonds. The summed E-state index contributed by atoms with van der Waals surface area (Å²) in [4.78, 5) is 23.0. The van der Waals surface area contributed by atoms with E-state index in [-0.39, 0.29) is 13.2 Å². The van der Waals surface area contributed by atoms with Crippen molar-refractivity contribution in [2.45, 2.75) is 64.6 Å². The van der Waals surface area contributed by atoms with Crippen LogP contribution in [0.5, 0.6) is 23.0 Å². The van der Waals surface area contributed by atoms with Crippen LogP contribution < -0.4 is 18.9 Å². The van der Waals surface area contributed by atoms with Gasteiger partial charge in [0.15, 0.2) is 35.2 Å². The van der Waals surface area contributed by atoms with Gasteiger partial charge in [-0.15, -0.1) is 0 Å².